The van der Waals surface area contributed by atoms with Gasteiger partial charge in [0.15, 0.2) is 0 Å². The van der Waals surface area contributed by atoms with Crippen molar-refractivity contribution in [3.8, 4) is 0 Å². The average molecular weight is 324 g/mol. The Balaban J connectivity index is 1.42. The molecule has 2 aliphatic rings. The second-order valence-electron chi connectivity index (χ2n) is 6.56. The minimum atomic E-state index is -0.294. The summed E-state index contributed by atoms with van der Waals surface area (Å²) in [6, 6.07) is 8.06. The quantitative estimate of drug-likeness (QED) is 0.939. The van der Waals surface area contributed by atoms with Gasteiger partial charge in [-0.2, -0.15) is 0 Å². The van der Waals surface area contributed by atoms with E-state index in [1.807, 2.05) is 12.1 Å². The standard InChI is InChI=1S/C19H20N2O3/c22-18-9-16(19(23)20-10-13-6-7-24-12-13)11-21(18)17-5-4-14-2-1-3-15(14)8-17/h4-8,12,16H,1-3,9-11H2,(H,20,23)/t16-/m1/s1. The van der Waals surface area contributed by atoms with Crippen molar-refractivity contribution in [2.45, 2.75) is 32.2 Å². The summed E-state index contributed by atoms with van der Waals surface area (Å²) >= 11 is 0. The van der Waals surface area contributed by atoms with E-state index >= 15 is 0 Å². The number of furan rings is 1. The van der Waals surface area contributed by atoms with Crippen LogP contribution in [0, 0.1) is 5.92 Å². The Morgan fingerprint density at radius 2 is 2.12 bits per heavy atom. The van der Waals surface area contributed by atoms with Crippen LogP contribution in [-0.2, 0) is 29.0 Å². The van der Waals surface area contributed by atoms with Crippen molar-refractivity contribution in [2.24, 2.45) is 5.92 Å². The number of carbonyl (C=O) groups excluding carboxylic acids is 2. The maximum Gasteiger partial charge on any atom is 0.227 e. The highest BCUT2D eigenvalue weighted by molar-refractivity contribution is 6.00. The van der Waals surface area contributed by atoms with Gasteiger partial charge in [0.05, 0.1) is 18.4 Å². The molecule has 1 aliphatic heterocycles. The molecule has 5 nitrogen and oxygen atoms in total. The summed E-state index contributed by atoms with van der Waals surface area (Å²) in [7, 11) is 0. The molecule has 1 atom stereocenters. The van der Waals surface area contributed by atoms with Gasteiger partial charge in [0.1, 0.15) is 0 Å². The first kappa shape index (κ1) is 15.0. The van der Waals surface area contributed by atoms with Gasteiger partial charge < -0.3 is 14.6 Å². The number of rotatable bonds is 4. The molecule has 0 saturated carbocycles. The fourth-order valence-electron chi connectivity index (χ4n) is 3.59. The van der Waals surface area contributed by atoms with Crippen LogP contribution in [-0.4, -0.2) is 18.4 Å². The minimum absolute atomic E-state index is 0.0245. The molecular weight excluding hydrogens is 304 g/mol. The highest BCUT2D eigenvalue weighted by Crippen LogP contribution is 2.30. The third kappa shape index (κ3) is 2.82. The fraction of sp³-hybridized carbons (Fsp3) is 0.368. The first-order chi connectivity index (χ1) is 11.7. The number of nitrogens with zero attached hydrogens (tertiary/aromatic N) is 1. The lowest BCUT2D eigenvalue weighted by atomic mass is 10.1. The van der Waals surface area contributed by atoms with E-state index < -0.39 is 0 Å². The topological polar surface area (TPSA) is 62.6 Å². The molecule has 5 heteroatoms. The van der Waals surface area contributed by atoms with Crippen molar-refractivity contribution in [2.75, 3.05) is 11.4 Å². The Kier molecular flexibility index (Phi) is 3.84. The van der Waals surface area contributed by atoms with Crippen LogP contribution in [0.1, 0.15) is 29.5 Å². The van der Waals surface area contributed by atoms with Gasteiger partial charge in [-0.3, -0.25) is 9.59 Å². The van der Waals surface area contributed by atoms with Crippen LogP contribution >= 0.6 is 0 Å². The summed E-state index contributed by atoms with van der Waals surface area (Å²) in [6.07, 6.45) is 6.86. The van der Waals surface area contributed by atoms with Crippen LogP contribution in [0.15, 0.2) is 41.2 Å². The van der Waals surface area contributed by atoms with Crippen molar-refractivity contribution in [1.29, 1.82) is 0 Å². The predicted molar refractivity (Wildman–Crippen MR) is 89.5 cm³/mol. The number of hydrogen-bond donors (Lipinski definition) is 1. The zero-order valence-electron chi connectivity index (χ0n) is 13.5. The summed E-state index contributed by atoms with van der Waals surface area (Å²) in [4.78, 5) is 26.4. The Morgan fingerprint density at radius 3 is 2.96 bits per heavy atom. The number of amides is 2. The molecule has 1 N–H and O–H groups in total. The number of benzene rings is 1. The van der Waals surface area contributed by atoms with E-state index in [1.165, 1.54) is 17.5 Å². The van der Waals surface area contributed by atoms with Crippen molar-refractivity contribution in [3.63, 3.8) is 0 Å². The van der Waals surface area contributed by atoms with Crippen molar-refractivity contribution in [1.82, 2.24) is 5.32 Å². The van der Waals surface area contributed by atoms with E-state index in [-0.39, 0.29) is 24.2 Å². The summed E-state index contributed by atoms with van der Waals surface area (Å²) < 4.78 is 4.99. The SMILES string of the molecule is O=C(NCc1ccoc1)[C@@H]1CC(=O)N(c2ccc3c(c2)CCC3)C1. The summed E-state index contributed by atoms with van der Waals surface area (Å²) in [6.45, 7) is 0.883. The second-order valence-corrected chi connectivity index (χ2v) is 6.56. The smallest absolute Gasteiger partial charge is 0.227 e. The lowest BCUT2D eigenvalue weighted by molar-refractivity contribution is -0.126. The summed E-state index contributed by atoms with van der Waals surface area (Å²) in [5, 5.41) is 2.88. The molecule has 1 fully saturated rings. The van der Waals surface area contributed by atoms with Crippen LogP contribution in [0.25, 0.3) is 0 Å². The van der Waals surface area contributed by atoms with E-state index in [2.05, 4.69) is 17.4 Å². The first-order valence-electron chi connectivity index (χ1n) is 8.41. The Labute approximate surface area is 140 Å². The van der Waals surface area contributed by atoms with Gasteiger partial charge in [-0.15, -0.1) is 0 Å². The molecule has 0 bridgehead atoms. The highest BCUT2D eigenvalue weighted by atomic mass is 16.3. The van der Waals surface area contributed by atoms with E-state index in [9.17, 15) is 9.59 Å². The molecule has 1 aromatic heterocycles. The molecule has 1 aromatic carbocycles. The predicted octanol–water partition coefficient (Wildman–Crippen LogP) is 2.44. The number of hydrogen-bond acceptors (Lipinski definition) is 3. The molecule has 0 spiro atoms. The zero-order chi connectivity index (χ0) is 16.5. The van der Waals surface area contributed by atoms with E-state index in [4.69, 9.17) is 4.42 Å². The Morgan fingerprint density at radius 1 is 1.25 bits per heavy atom. The van der Waals surface area contributed by atoms with Crippen LogP contribution < -0.4 is 10.2 Å². The highest BCUT2D eigenvalue weighted by Gasteiger charge is 2.35. The molecule has 1 saturated heterocycles. The largest absolute Gasteiger partial charge is 0.472 e. The van der Waals surface area contributed by atoms with E-state index in [1.54, 1.807) is 17.4 Å². The average Bonchev–Trinajstić information content (AvgIpc) is 3.32. The van der Waals surface area contributed by atoms with Gasteiger partial charge in [-0.25, -0.2) is 0 Å². The number of fused-ring (bicyclic) bond motifs is 1. The molecule has 0 radical (unpaired) electrons. The summed E-state index contributed by atoms with van der Waals surface area (Å²) in [5.74, 6) is -0.345. The van der Waals surface area contributed by atoms with Gasteiger partial charge in [-0.1, -0.05) is 6.07 Å². The lowest BCUT2D eigenvalue weighted by Gasteiger charge is -2.18. The minimum Gasteiger partial charge on any atom is -0.472 e. The van der Waals surface area contributed by atoms with Crippen molar-refractivity contribution < 1.29 is 14.0 Å². The molecule has 1 aliphatic carbocycles. The summed E-state index contributed by atoms with van der Waals surface area (Å²) in [5.41, 5.74) is 4.57. The Hall–Kier alpha value is -2.56. The van der Waals surface area contributed by atoms with Gasteiger partial charge >= 0.3 is 0 Å². The van der Waals surface area contributed by atoms with Crippen LogP contribution in [0.3, 0.4) is 0 Å². The van der Waals surface area contributed by atoms with Gasteiger partial charge in [-0.05, 0) is 48.6 Å². The van der Waals surface area contributed by atoms with Gasteiger partial charge in [0.25, 0.3) is 0 Å². The number of anilines is 1. The molecule has 2 amide bonds. The molecule has 0 unspecified atom stereocenters. The van der Waals surface area contributed by atoms with Crippen molar-refractivity contribution in [3.05, 3.63) is 53.5 Å². The third-order valence-electron chi connectivity index (χ3n) is 4.94. The monoisotopic (exact) mass is 324 g/mol. The normalized spacial score (nSPS) is 19.6. The molecule has 2 aromatic rings. The van der Waals surface area contributed by atoms with Gasteiger partial charge in [0.2, 0.25) is 11.8 Å². The van der Waals surface area contributed by atoms with E-state index in [0.717, 1.165) is 24.1 Å². The number of aryl methyl sites for hydroxylation is 2. The number of nitrogens with one attached hydrogen (secondary N) is 1. The second kappa shape index (κ2) is 6.15. The number of carbonyl (C=O) groups is 2. The Bertz CT molecular complexity index is 767. The molecule has 124 valence electrons. The maximum absolute atomic E-state index is 12.4. The first-order valence-corrected chi connectivity index (χ1v) is 8.41. The lowest BCUT2D eigenvalue weighted by Crippen LogP contribution is -2.32. The third-order valence-corrected chi connectivity index (χ3v) is 4.94. The van der Waals surface area contributed by atoms with Crippen LogP contribution in [0.5, 0.6) is 0 Å². The fourth-order valence-corrected chi connectivity index (χ4v) is 3.59. The van der Waals surface area contributed by atoms with Crippen LogP contribution in [0.2, 0.25) is 0 Å². The van der Waals surface area contributed by atoms with Crippen LogP contribution in [0.4, 0.5) is 5.69 Å². The zero-order valence-corrected chi connectivity index (χ0v) is 13.5. The maximum atomic E-state index is 12.4. The van der Waals surface area contributed by atoms with E-state index in [0.29, 0.717) is 13.1 Å². The van der Waals surface area contributed by atoms with Crippen molar-refractivity contribution >= 4 is 17.5 Å². The molecular formula is C19H20N2O3. The molecule has 4 rings (SSSR count). The van der Waals surface area contributed by atoms with Gasteiger partial charge in [0, 0.05) is 30.8 Å². The molecule has 24 heavy (non-hydrogen) atoms. The molecule has 2 heterocycles.